The van der Waals surface area contributed by atoms with Crippen LogP contribution in [0.3, 0.4) is 0 Å². The van der Waals surface area contributed by atoms with E-state index in [9.17, 15) is 9.59 Å². The molecule has 0 bridgehead atoms. The monoisotopic (exact) mass is 356 g/mol. The van der Waals surface area contributed by atoms with Crippen molar-refractivity contribution in [3.05, 3.63) is 35.9 Å². The molecule has 1 saturated carbocycles. The van der Waals surface area contributed by atoms with Crippen LogP contribution in [0.15, 0.2) is 30.3 Å². The number of nitrogens with zero attached hydrogens (tertiary/aromatic N) is 2. The van der Waals surface area contributed by atoms with Gasteiger partial charge in [0, 0.05) is 25.2 Å². The molecular formula is C22H32N2O2. The quantitative estimate of drug-likeness (QED) is 0.723. The third-order valence-corrected chi connectivity index (χ3v) is 6.01. The fourth-order valence-electron chi connectivity index (χ4n) is 4.16. The SMILES string of the molecule is CCC1CCCCN1C(=O)C1(C(=O)N(Cc2ccccc2)C(C)C)CC1. The average molecular weight is 357 g/mol. The van der Waals surface area contributed by atoms with Crippen LogP contribution >= 0.6 is 0 Å². The van der Waals surface area contributed by atoms with Crippen molar-refractivity contribution in [1.82, 2.24) is 9.80 Å². The predicted octanol–water partition coefficient (Wildman–Crippen LogP) is 3.99. The van der Waals surface area contributed by atoms with Gasteiger partial charge in [0.25, 0.3) is 0 Å². The van der Waals surface area contributed by atoms with E-state index in [1.54, 1.807) is 0 Å². The van der Waals surface area contributed by atoms with Crippen molar-refractivity contribution in [1.29, 1.82) is 0 Å². The van der Waals surface area contributed by atoms with Gasteiger partial charge in [-0.1, -0.05) is 37.3 Å². The molecule has 26 heavy (non-hydrogen) atoms. The Bertz CT molecular complexity index is 637. The van der Waals surface area contributed by atoms with Gasteiger partial charge in [-0.25, -0.2) is 0 Å². The van der Waals surface area contributed by atoms with Crippen LogP contribution in [-0.4, -0.2) is 40.2 Å². The van der Waals surface area contributed by atoms with Gasteiger partial charge in [-0.3, -0.25) is 9.59 Å². The summed E-state index contributed by atoms with van der Waals surface area (Å²) in [6.07, 6.45) is 5.71. The van der Waals surface area contributed by atoms with Crippen LogP contribution in [-0.2, 0) is 16.1 Å². The molecule has 0 spiro atoms. The van der Waals surface area contributed by atoms with Crippen molar-refractivity contribution in [3.8, 4) is 0 Å². The molecule has 0 aromatic heterocycles. The van der Waals surface area contributed by atoms with Crippen LogP contribution in [0.1, 0.15) is 64.9 Å². The van der Waals surface area contributed by atoms with Crippen molar-refractivity contribution >= 4 is 11.8 Å². The largest absolute Gasteiger partial charge is 0.339 e. The lowest BCUT2D eigenvalue weighted by molar-refractivity contribution is -0.153. The highest BCUT2D eigenvalue weighted by atomic mass is 16.2. The molecule has 0 radical (unpaired) electrons. The van der Waals surface area contributed by atoms with Crippen LogP contribution < -0.4 is 0 Å². The average Bonchev–Trinajstić information content (AvgIpc) is 3.47. The summed E-state index contributed by atoms with van der Waals surface area (Å²) in [5.74, 6) is 0.120. The van der Waals surface area contributed by atoms with Crippen LogP contribution in [0.5, 0.6) is 0 Å². The molecule has 2 fully saturated rings. The van der Waals surface area contributed by atoms with Gasteiger partial charge in [-0.2, -0.15) is 0 Å². The summed E-state index contributed by atoms with van der Waals surface area (Å²) >= 11 is 0. The summed E-state index contributed by atoms with van der Waals surface area (Å²) < 4.78 is 0. The van der Waals surface area contributed by atoms with E-state index in [1.165, 1.54) is 6.42 Å². The van der Waals surface area contributed by atoms with Crippen LogP contribution in [0.2, 0.25) is 0 Å². The van der Waals surface area contributed by atoms with Gasteiger partial charge in [0.05, 0.1) is 0 Å². The molecule has 1 unspecified atom stereocenters. The van der Waals surface area contributed by atoms with Crippen molar-refractivity contribution in [2.75, 3.05) is 6.54 Å². The molecule has 4 nitrogen and oxygen atoms in total. The number of likely N-dealkylation sites (tertiary alicyclic amines) is 1. The van der Waals surface area contributed by atoms with Gasteiger partial charge >= 0.3 is 0 Å². The number of carbonyl (C=O) groups excluding carboxylic acids is 2. The zero-order valence-electron chi connectivity index (χ0n) is 16.4. The molecule has 1 heterocycles. The predicted molar refractivity (Wildman–Crippen MR) is 103 cm³/mol. The Labute approximate surface area is 157 Å². The second kappa shape index (κ2) is 7.81. The van der Waals surface area contributed by atoms with Crippen molar-refractivity contribution in [2.24, 2.45) is 5.41 Å². The number of amides is 2. The number of piperidine rings is 1. The highest BCUT2D eigenvalue weighted by Crippen LogP contribution is 2.50. The molecule has 4 heteroatoms. The summed E-state index contributed by atoms with van der Waals surface area (Å²) in [6.45, 7) is 7.61. The summed E-state index contributed by atoms with van der Waals surface area (Å²) in [5.41, 5.74) is 0.325. The maximum Gasteiger partial charge on any atom is 0.238 e. The lowest BCUT2D eigenvalue weighted by Gasteiger charge is -2.39. The number of rotatable bonds is 6. The molecule has 0 N–H and O–H groups in total. The minimum Gasteiger partial charge on any atom is -0.339 e. The maximum atomic E-state index is 13.4. The minimum absolute atomic E-state index is 0.0294. The summed E-state index contributed by atoms with van der Waals surface area (Å²) in [6, 6.07) is 10.5. The molecule has 1 aromatic rings. The molecule has 1 atom stereocenters. The third-order valence-electron chi connectivity index (χ3n) is 6.01. The summed E-state index contributed by atoms with van der Waals surface area (Å²) in [5, 5.41) is 0. The molecular weight excluding hydrogens is 324 g/mol. The Kier molecular flexibility index (Phi) is 5.69. The van der Waals surface area contributed by atoms with Crippen LogP contribution in [0.25, 0.3) is 0 Å². The first-order chi connectivity index (χ1) is 12.5. The second-order valence-corrected chi connectivity index (χ2v) is 8.15. The topological polar surface area (TPSA) is 40.6 Å². The Morgan fingerprint density at radius 3 is 2.46 bits per heavy atom. The Balaban J connectivity index is 1.78. The molecule has 3 rings (SSSR count). The standard InChI is InChI=1S/C22H32N2O2/c1-4-19-12-8-9-15-23(19)20(25)22(13-14-22)21(26)24(17(2)3)16-18-10-6-5-7-11-18/h5-7,10-11,17,19H,4,8-9,12-16H2,1-3H3. The molecule has 1 aliphatic carbocycles. The van der Waals surface area contributed by atoms with E-state index < -0.39 is 5.41 Å². The van der Waals surface area contributed by atoms with E-state index in [2.05, 4.69) is 6.92 Å². The molecule has 1 saturated heterocycles. The zero-order chi connectivity index (χ0) is 18.7. The number of hydrogen-bond acceptors (Lipinski definition) is 2. The van der Waals surface area contributed by atoms with E-state index in [0.717, 1.165) is 31.4 Å². The van der Waals surface area contributed by atoms with E-state index in [4.69, 9.17) is 0 Å². The van der Waals surface area contributed by atoms with Crippen molar-refractivity contribution < 1.29 is 9.59 Å². The lowest BCUT2D eigenvalue weighted by Crippen LogP contribution is -2.52. The van der Waals surface area contributed by atoms with Gasteiger partial charge < -0.3 is 9.80 Å². The fourth-order valence-corrected chi connectivity index (χ4v) is 4.16. The first-order valence-electron chi connectivity index (χ1n) is 10.2. The minimum atomic E-state index is -0.788. The van der Waals surface area contributed by atoms with Crippen LogP contribution in [0.4, 0.5) is 0 Å². The van der Waals surface area contributed by atoms with Gasteiger partial charge in [-0.05, 0) is 57.9 Å². The van der Waals surface area contributed by atoms with Gasteiger partial charge in [0.15, 0.2) is 0 Å². The fraction of sp³-hybridized carbons (Fsp3) is 0.636. The molecule has 142 valence electrons. The molecule has 1 aliphatic heterocycles. The zero-order valence-corrected chi connectivity index (χ0v) is 16.4. The first-order valence-corrected chi connectivity index (χ1v) is 10.2. The lowest BCUT2D eigenvalue weighted by atomic mass is 9.95. The van der Waals surface area contributed by atoms with Crippen LogP contribution in [0, 0.1) is 5.41 Å². The van der Waals surface area contributed by atoms with E-state index in [0.29, 0.717) is 25.4 Å². The number of carbonyl (C=O) groups is 2. The molecule has 2 amide bonds. The third kappa shape index (κ3) is 3.65. The van der Waals surface area contributed by atoms with E-state index in [1.807, 2.05) is 54.0 Å². The smallest absolute Gasteiger partial charge is 0.238 e. The summed E-state index contributed by atoms with van der Waals surface area (Å²) in [4.78, 5) is 30.7. The first kappa shape index (κ1) is 18.9. The van der Waals surface area contributed by atoms with E-state index >= 15 is 0 Å². The Morgan fingerprint density at radius 2 is 1.88 bits per heavy atom. The Morgan fingerprint density at radius 1 is 1.19 bits per heavy atom. The highest BCUT2D eigenvalue weighted by Gasteiger charge is 2.60. The van der Waals surface area contributed by atoms with Crippen molar-refractivity contribution in [3.63, 3.8) is 0 Å². The normalized spacial score (nSPS) is 21.5. The highest BCUT2D eigenvalue weighted by molar-refractivity contribution is 6.08. The molecule has 1 aromatic carbocycles. The number of hydrogen-bond donors (Lipinski definition) is 0. The second-order valence-electron chi connectivity index (χ2n) is 8.15. The maximum absolute atomic E-state index is 13.4. The van der Waals surface area contributed by atoms with Gasteiger partial charge in [-0.15, -0.1) is 0 Å². The van der Waals surface area contributed by atoms with E-state index in [-0.39, 0.29) is 17.9 Å². The summed E-state index contributed by atoms with van der Waals surface area (Å²) in [7, 11) is 0. The van der Waals surface area contributed by atoms with Gasteiger partial charge in [0.1, 0.15) is 5.41 Å². The molecule has 2 aliphatic rings. The Hall–Kier alpha value is -1.84. The number of benzene rings is 1. The van der Waals surface area contributed by atoms with Crippen molar-refractivity contribution in [2.45, 2.75) is 77.9 Å². The van der Waals surface area contributed by atoms with Gasteiger partial charge in [0.2, 0.25) is 11.8 Å².